The highest BCUT2D eigenvalue weighted by Crippen LogP contribution is 2.29. The molecule has 1 atom stereocenters. The maximum atomic E-state index is 5.78. The number of rotatable bonds is 5. The SMILES string of the molecule is CCn1nc(C)c(Br)c1CC(NN)c1cc(Br)cc(Br)c1. The molecular weight excluding hydrogens is 464 g/mol. The third-order valence-electron chi connectivity index (χ3n) is 3.34. The first-order valence-corrected chi connectivity index (χ1v) is 8.98. The Kier molecular flexibility index (Phi) is 6.02. The lowest BCUT2D eigenvalue weighted by atomic mass is 10.0. The van der Waals surface area contributed by atoms with Crippen LogP contribution in [0.3, 0.4) is 0 Å². The summed E-state index contributed by atoms with van der Waals surface area (Å²) in [6.07, 6.45) is 0.759. The lowest BCUT2D eigenvalue weighted by Gasteiger charge is -2.18. The minimum absolute atomic E-state index is 0.0106. The second-order valence-electron chi connectivity index (χ2n) is 4.79. The number of benzene rings is 1. The molecule has 1 aromatic carbocycles. The average molecular weight is 481 g/mol. The first-order chi connectivity index (χ1) is 9.96. The van der Waals surface area contributed by atoms with Crippen molar-refractivity contribution in [3.63, 3.8) is 0 Å². The van der Waals surface area contributed by atoms with Crippen molar-refractivity contribution >= 4 is 47.8 Å². The summed E-state index contributed by atoms with van der Waals surface area (Å²) in [6.45, 7) is 4.92. The first-order valence-electron chi connectivity index (χ1n) is 6.60. The van der Waals surface area contributed by atoms with Gasteiger partial charge in [-0.1, -0.05) is 31.9 Å². The smallest absolute Gasteiger partial charge is 0.0738 e. The predicted octanol–water partition coefficient (Wildman–Crippen LogP) is 4.25. The molecule has 0 bridgehead atoms. The van der Waals surface area contributed by atoms with Crippen molar-refractivity contribution in [2.24, 2.45) is 5.84 Å². The van der Waals surface area contributed by atoms with Gasteiger partial charge in [0.2, 0.25) is 0 Å². The molecule has 2 aromatic rings. The van der Waals surface area contributed by atoms with Crippen LogP contribution in [0.25, 0.3) is 0 Å². The van der Waals surface area contributed by atoms with Crippen molar-refractivity contribution in [2.45, 2.75) is 32.9 Å². The van der Waals surface area contributed by atoms with Crippen LogP contribution in [-0.2, 0) is 13.0 Å². The van der Waals surface area contributed by atoms with Gasteiger partial charge in [0.15, 0.2) is 0 Å². The summed E-state index contributed by atoms with van der Waals surface area (Å²) < 4.78 is 5.10. The molecule has 1 heterocycles. The molecule has 0 saturated carbocycles. The Morgan fingerprint density at radius 1 is 1.24 bits per heavy atom. The predicted molar refractivity (Wildman–Crippen MR) is 95.9 cm³/mol. The van der Waals surface area contributed by atoms with Gasteiger partial charge in [0, 0.05) is 21.9 Å². The Balaban J connectivity index is 2.35. The number of hydrogen-bond acceptors (Lipinski definition) is 3. The van der Waals surface area contributed by atoms with Gasteiger partial charge in [-0.25, -0.2) is 0 Å². The van der Waals surface area contributed by atoms with Gasteiger partial charge in [0.05, 0.1) is 21.9 Å². The van der Waals surface area contributed by atoms with Crippen molar-refractivity contribution < 1.29 is 0 Å². The molecule has 114 valence electrons. The number of halogens is 3. The van der Waals surface area contributed by atoms with E-state index in [4.69, 9.17) is 5.84 Å². The summed E-state index contributed by atoms with van der Waals surface area (Å²) in [5, 5.41) is 4.53. The zero-order valence-electron chi connectivity index (χ0n) is 11.8. The van der Waals surface area contributed by atoms with Crippen LogP contribution in [0.2, 0.25) is 0 Å². The van der Waals surface area contributed by atoms with Crippen molar-refractivity contribution in [3.05, 3.63) is 48.6 Å². The van der Waals surface area contributed by atoms with E-state index in [1.54, 1.807) is 0 Å². The summed E-state index contributed by atoms with van der Waals surface area (Å²) in [5.74, 6) is 5.78. The molecule has 4 nitrogen and oxygen atoms in total. The Labute approximate surface area is 149 Å². The molecule has 0 aliphatic rings. The van der Waals surface area contributed by atoms with Crippen LogP contribution in [0.1, 0.15) is 29.9 Å². The average Bonchev–Trinajstić information content (AvgIpc) is 2.70. The van der Waals surface area contributed by atoms with Gasteiger partial charge in [-0.15, -0.1) is 0 Å². The molecular formula is C14H17Br3N4. The third-order valence-corrected chi connectivity index (χ3v) is 5.29. The Bertz CT molecular complexity index is 619. The fourth-order valence-corrected chi connectivity index (χ4v) is 4.08. The molecule has 0 fully saturated rings. The molecule has 0 amide bonds. The third kappa shape index (κ3) is 3.96. The largest absolute Gasteiger partial charge is 0.271 e. The van der Waals surface area contributed by atoms with Crippen molar-refractivity contribution in [1.82, 2.24) is 15.2 Å². The van der Waals surface area contributed by atoms with Gasteiger partial charge >= 0.3 is 0 Å². The van der Waals surface area contributed by atoms with Gasteiger partial charge in [-0.2, -0.15) is 5.10 Å². The van der Waals surface area contributed by atoms with Gasteiger partial charge in [-0.05, 0) is 53.5 Å². The topological polar surface area (TPSA) is 55.9 Å². The molecule has 1 unspecified atom stereocenters. The lowest BCUT2D eigenvalue weighted by Crippen LogP contribution is -2.30. The number of hydrogen-bond donors (Lipinski definition) is 2. The number of aromatic nitrogens is 2. The summed E-state index contributed by atoms with van der Waals surface area (Å²) in [4.78, 5) is 0. The van der Waals surface area contributed by atoms with E-state index in [9.17, 15) is 0 Å². The number of nitrogens with two attached hydrogens (primary N) is 1. The van der Waals surface area contributed by atoms with Gasteiger partial charge in [-0.3, -0.25) is 16.0 Å². The zero-order chi connectivity index (χ0) is 15.6. The van der Waals surface area contributed by atoms with E-state index in [0.717, 1.165) is 43.3 Å². The zero-order valence-corrected chi connectivity index (χ0v) is 16.6. The highest BCUT2D eigenvalue weighted by Gasteiger charge is 2.19. The molecule has 0 spiro atoms. The highest BCUT2D eigenvalue weighted by molar-refractivity contribution is 9.11. The van der Waals surface area contributed by atoms with E-state index in [1.807, 2.05) is 17.7 Å². The van der Waals surface area contributed by atoms with Gasteiger partial charge < -0.3 is 0 Å². The molecule has 3 N–H and O–H groups in total. The lowest BCUT2D eigenvalue weighted by molar-refractivity contribution is 0.515. The number of nitrogens with one attached hydrogen (secondary N) is 1. The van der Waals surface area contributed by atoms with Crippen LogP contribution in [0.5, 0.6) is 0 Å². The summed E-state index contributed by atoms with van der Waals surface area (Å²) in [7, 11) is 0. The molecule has 21 heavy (non-hydrogen) atoms. The molecule has 0 aliphatic carbocycles. The van der Waals surface area contributed by atoms with E-state index in [1.165, 1.54) is 0 Å². The first kappa shape index (κ1) is 17.1. The minimum atomic E-state index is 0.0106. The van der Waals surface area contributed by atoms with E-state index in [0.29, 0.717) is 0 Å². The van der Waals surface area contributed by atoms with Crippen LogP contribution in [-0.4, -0.2) is 9.78 Å². The second kappa shape index (κ2) is 7.37. The van der Waals surface area contributed by atoms with E-state index >= 15 is 0 Å². The summed E-state index contributed by atoms with van der Waals surface area (Å²) in [5.41, 5.74) is 6.17. The highest BCUT2D eigenvalue weighted by atomic mass is 79.9. The molecule has 0 aliphatic heterocycles. The Morgan fingerprint density at radius 2 is 1.86 bits per heavy atom. The standard InChI is InChI=1S/C14H17Br3N4/c1-3-21-13(14(17)8(2)20-21)7-12(19-18)9-4-10(15)6-11(16)5-9/h4-6,12,19H,3,7,18H2,1-2H3. The Morgan fingerprint density at radius 3 is 2.38 bits per heavy atom. The fraction of sp³-hybridized carbons (Fsp3) is 0.357. The number of aryl methyl sites for hydroxylation is 2. The minimum Gasteiger partial charge on any atom is -0.271 e. The normalized spacial score (nSPS) is 12.7. The Hall–Kier alpha value is -0.210. The molecule has 0 saturated heterocycles. The van der Waals surface area contributed by atoms with Crippen LogP contribution in [0.4, 0.5) is 0 Å². The maximum absolute atomic E-state index is 5.78. The van der Waals surface area contributed by atoms with Crippen molar-refractivity contribution in [3.8, 4) is 0 Å². The quantitative estimate of drug-likeness (QED) is 0.497. The van der Waals surface area contributed by atoms with Crippen LogP contribution >= 0.6 is 47.8 Å². The van der Waals surface area contributed by atoms with Crippen LogP contribution in [0, 0.1) is 6.92 Å². The van der Waals surface area contributed by atoms with Gasteiger partial charge in [0.1, 0.15) is 0 Å². The van der Waals surface area contributed by atoms with E-state index in [2.05, 4.69) is 77.4 Å². The number of nitrogens with zero attached hydrogens (tertiary/aromatic N) is 2. The monoisotopic (exact) mass is 478 g/mol. The van der Waals surface area contributed by atoms with Crippen molar-refractivity contribution in [1.29, 1.82) is 0 Å². The molecule has 7 heteroatoms. The van der Waals surface area contributed by atoms with Crippen molar-refractivity contribution in [2.75, 3.05) is 0 Å². The van der Waals surface area contributed by atoms with Crippen LogP contribution in [0.15, 0.2) is 31.6 Å². The second-order valence-corrected chi connectivity index (χ2v) is 7.41. The fourth-order valence-electron chi connectivity index (χ4n) is 2.31. The van der Waals surface area contributed by atoms with Gasteiger partial charge in [0.25, 0.3) is 0 Å². The van der Waals surface area contributed by atoms with E-state index < -0.39 is 0 Å². The summed E-state index contributed by atoms with van der Waals surface area (Å²) >= 11 is 10.7. The molecule has 2 rings (SSSR count). The summed E-state index contributed by atoms with van der Waals surface area (Å²) in [6, 6.07) is 6.16. The van der Waals surface area contributed by atoms with E-state index in [-0.39, 0.29) is 6.04 Å². The maximum Gasteiger partial charge on any atom is 0.0738 e. The van der Waals surface area contributed by atoms with Crippen LogP contribution < -0.4 is 11.3 Å². The number of hydrazine groups is 1. The molecule has 1 aromatic heterocycles. The molecule has 0 radical (unpaired) electrons.